The van der Waals surface area contributed by atoms with Crippen LogP contribution in [0.25, 0.3) is 0 Å². The Balaban J connectivity index is 1.30. The van der Waals surface area contributed by atoms with E-state index in [2.05, 4.69) is 39.2 Å². The maximum Gasteiger partial charge on any atom is 0.226 e. The van der Waals surface area contributed by atoms with Gasteiger partial charge in [0.25, 0.3) is 0 Å². The fourth-order valence-corrected chi connectivity index (χ4v) is 3.85. The molecule has 1 aliphatic carbocycles. The molecule has 2 atom stereocenters. The van der Waals surface area contributed by atoms with Gasteiger partial charge in [-0.25, -0.2) is 0 Å². The number of benzene rings is 1. The third-order valence-corrected chi connectivity index (χ3v) is 5.58. The standard InChI is InChI=1S/C20H25N3O2/c1-14-19(15(2)25-21-14)13-22-8-10-23(11-9-22)20(24)18-12-17(18)16-6-4-3-5-7-16/h3-7,17-18H,8-13H2,1-2H3/t17-,18-/m1/s1. The Morgan fingerprint density at radius 1 is 1.16 bits per heavy atom. The molecule has 25 heavy (non-hydrogen) atoms. The van der Waals surface area contributed by atoms with Crippen LogP contribution in [0, 0.1) is 19.8 Å². The highest BCUT2D eigenvalue weighted by atomic mass is 16.5. The van der Waals surface area contributed by atoms with Crippen molar-refractivity contribution in [1.29, 1.82) is 0 Å². The lowest BCUT2D eigenvalue weighted by Crippen LogP contribution is -2.48. The van der Waals surface area contributed by atoms with Gasteiger partial charge >= 0.3 is 0 Å². The van der Waals surface area contributed by atoms with E-state index in [1.54, 1.807) is 0 Å². The smallest absolute Gasteiger partial charge is 0.226 e. The molecule has 2 aromatic rings. The Kier molecular flexibility index (Phi) is 4.34. The summed E-state index contributed by atoms with van der Waals surface area (Å²) < 4.78 is 5.25. The maximum absolute atomic E-state index is 12.8. The predicted octanol–water partition coefficient (Wildman–Crippen LogP) is 2.74. The molecule has 0 spiro atoms. The summed E-state index contributed by atoms with van der Waals surface area (Å²) in [7, 11) is 0. The van der Waals surface area contributed by atoms with Crippen LogP contribution in [0.3, 0.4) is 0 Å². The highest BCUT2D eigenvalue weighted by Crippen LogP contribution is 2.48. The molecule has 0 bridgehead atoms. The Morgan fingerprint density at radius 3 is 2.52 bits per heavy atom. The molecule has 1 aliphatic heterocycles. The van der Waals surface area contributed by atoms with Crippen molar-refractivity contribution in [1.82, 2.24) is 15.0 Å². The van der Waals surface area contributed by atoms with Gasteiger partial charge in [-0.1, -0.05) is 35.5 Å². The second-order valence-corrected chi connectivity index (χ2v) is 7.26. The molecule has 1 saturated heterocycles. The highest BCUT2D eigenvalue weighted by Gasteiger charge is 2.45. The number of amides is 1. The normalized spacial score (nSPS) is 23.7. The summed E-state index contributed by atoms with van der Waals surface area (Å²) in [5.74, 6) is 1.86. The molecule has 0 unspecified atom stereocenters. The molecule has 5 heteroatoms. The number of hydrogen-bond acceptors (Lipinski definition) is 4. The molecular weight excluding hydrogens is 314 g/mol. The first kappa shape index (κ1) is 16.3. The minimum Gasteiger partial charge on any atom is -0.361 e. The summed E-state index contributed by atoms with van der Waals surface area (Å²) in [6.45, 7) is 8.28. The number of hydrogen-bond donors (Lipinski definition) is 0. The summed E-state index contributed by atoms with van der Waals surface area (Å²) in [4.78, 5) is 17.2. The lowest BCUT2D eigenvalue weighted by atomic mass is 10.1. The van der Waals surface area contributed by atoms with Gasteiger partial charge in [-0.2, -0.15) is 0 Å². The molecule has 1 saturated carbocycles. The summed E-state index contributed by atoms with van der Waals surface area (Å²) in [5, 5.41) is 4.03. The van der Waals surface area contributed by atoms with Crippen LogP contribution in [-0.2, 0) is 11.3 Å². The molecule has 2 heterocycles. The first-order chi connectivity index (χ1) is 12.1. The van der Waals surface area contributed by atoms with E-state index in [4.69, 9.17) is 4.52 Å². The van der Waals surface area contributed by atoms with E-state index >= 15 is 0 Å². The summed E-state index contributed by atoms with van der Waals surface area (Å²) in [5.41, 5.74) is 3.46. The van der Waals surface area contributed by atoms with E-state index < -0.39 is 0 Å². The fourth-order valence-electron chi connectivity index (χ4n) is 3.85. The van der Waals surface area contributed by atoms with Crippen LogP contribution in [0.1, 0.15) is 34.9 Å². The van der Waals surface area contributed by atoms with Crippen LogP contribution in [0.15, 0.2) is 34.9 Å². The van der Waals surface area contributed by atoms with Crippen LogP contribution in [-0.4, -0.2) is 47.0 Å². The zero-order valence-electron chi connectivity index (χ0n) is 14.9. The average Bonchev–Trinajstić information content (AvgIpc) is 3.39. The van der Waals surface area contributed by atoms with E-state index in [0.29, 0.717) is 11.8 Å². The first-order valence-corrected chi connectivity index (χ1v) is 9.11. The van der Waals surface area contributed by atoms with Gasteiger partial charge in [0.1, 0.15) is 5.76 Å². The maximum atomic E-state index is 12.8. The number of aromatic nitrogens is 1. The second-order valence-electron chi connectivity index (χ2n) is 7.26. The van der Waals surface area contributed by atoms with Crippen LogP contribution in [0.5, 0.6) is 0 Å². The van der Waals surface area contributed by atoms with Crippen molar-refractivity contribution in [3.05, 3.63) is 52.9 Å². The quantitative estimate of drug-likeness (QED) is 0.859. The molecular formula is C20H25N3O2. The van der Waals surface area contributed by atoms with Gasteiger partial charge in [0.05, 0.1) is 5.69 Å². The lowest BCUT2D eigenvalue weighted by molar-refractivity contribution is -0.134. The molecule has 2 aliphatic rings. The number of nitrogens with zero attached hydrogens (tertiary/aromatic N) is 3. The van der Waals surface area contributed by atoms with Crippen molar-refractivity contribution < 1.29 is 9.32 Å². The molecule has 0 radical (unpaired) electrons. The topological polar surface area (TPSA) is 49.6 Å². The minimum absolute atomic E-state index is 0.191. The number of rotatable bonds is 4. The number of piperazine rings is 1. The summed E-state index contributed by atoms with van der Waals surface area (Å²) >= 11 is 0. The van der Waals surface area contributed by atoms with Crippen LogP contribution in [0.2, 0.25) is 0 Å². The molecule has 2 fully saturated rings. The number of aryl methyl sites for hydroxylation is 2. The molecule has 0 N–H and O–H groups in total. The second kappa shape index (κ2) is 6.64. The summed E-state index contributed by atoms with van der Waals surface area (Å²) in [6.07, 6.45) is 1.00. The predicted molar refractivity (Wildman–Crippen MR) is 95.1 cm³/mol. The average molecular weight is 339 g/mol. The fraction of sp³-hybridized carbons (Fsp3) is 0.500. The first-order valence-electron chi connectivity index (χ1n) is 9.11. The van der Waals surface area contributed by atoms with E-state index in [9.17, 15) is 4.79 Å². The Hall–Kier alpha value is -2.14. The lowest BCUT2D eigenvalue weighted by Gasteiger charge is -2.35. The van der Waals surface area contributed by atoms with E-state index in [0.717, 1.165) is 50.6 Å². The molecule has 5 nitrogen and oxygen atoms in total. The van der Waals surface area contributed by atoms with Gasteiger partial charge in [0.2, 0.25) is 5.91 Å². The Morgan fingerprint density at radius 2 is 1.88 bits per heavy atom. The number of carbonyl (C=O) groups is 1. The van der Waals surface area contributed by atoms with Crippen molar-refractivity contribution in [2.75, 3.05) is 26.2 Å². The third kappa shape index (κ3) is 3.33. The molecule has 132 valence electrons. The molecule has 4 rings (SSSR count). The van der Waals surface area contributed by atoms with Gasteiger partial charge in [-0.15, -0.1) is 0 Å². The molecule has 1 aromatic carbocycles. The Bertz CT molecular complexity index is 728. The summed E-state index contributed by atoms with van der Waals surface area (Å²) in [6, 6.07) is 10.4. The van der Waals surface area contributed by atoms with Crippen molar-refractivity contribution >= 4 is 5.91 Å². The van der Waals surface area contributed by atoms with E-state index in [-0.39, 0.29) is 5.92 Å². The van der Waals surface area contributed by atoms with Gasteiger partial charge in [-0.05, 0) is 31.7 Å². The Labute approximate surface area is 148 Å². The van der Waals surface area contributed by atoms with E-state index in [1.807, 2.05) is 19.9 Å². The molecule has 1 aromatic heterocycles. The minimum atomic E-state index is 0.191. The van der Waals surface area contributed by atoms with E-state index in [1.165, 1.54) is 11.1 Å². The van der Waals surface area contributed by atoms with Crippen LogP contribution < -0.4 is 0 Å². The number of carbonyl (C=O) groups excluding carboxylic acids is 1. The van der Waals surface area contributed by atoms with Crippen LogP contribution in [0.4, 0.5) is 0 Å². The van der Waals surface area contributed by atoms with Crippen molar-refractivity contribution in [3.8, 4) is 0 Å². The van der Waals surface area contributed by atoms with Gasteiger partial charge in [0.15, 0.2) is 0 Å². The van der Waals surface area contributed by atoms with Crippen LogP contribution >= 0.6 is 0 Å². The van der Waals surface area contributed by atoms with Gasteiger partial charge in [0, 0.05) is 44.2 Å². The third-order valence-electron chi connectivity index (χ3n) is 5.58. The zero-order valence-corrected chi connectivity index (χ0v) is 14.9. The zero-order chi connectivity index (χ0) is 17.4. The monoisotopic (exact) mass is 339 g/mol. The van der Waals surface area contributed by atoms with Gasteiger partial charge in [-0.3, -0.25) is 9.69 Å². The van der Waals surface area contributed by atoms with Crippen molar-refractivity contribution in [2.24, 2.45) is 5.92 Å². The largest absolute Gasteiger partial charge is 0.361 e. The van der Waals surface area contributed by atoms with Gasteiger partial charge < -0.3 is 9.42 Å². The van der Waals surface area contributed by atoms with Crippen molar-refractivity contribution in [3.63, 3.8) is 0 Å². The highest BCUT2D eigenvalue weighted by molar-refractivity contribution is 5.83. The van der Waals surface area contributed by atoms with Crippen molar-refractivity contribution in [2.45, 2.75) is 32.7 Å². The SMILES string of the molecule is Cc1noc(C)c1CN1CCN(C(=O)[C@@H]2C[C@@H]2c2ccccc2)CC1. The molecule has 1 amide bonds.